The summed E-state index contributed by atoms with van der Waals surface area (Å²) >= 11 is 0. The fourth-order valence-electron chi connectivity index (χ4n) is 2.62. The van der Waals surface area contributed by atoms with Crippen molar-refractivity contribution in [1.29, 1.82) is 5.26 Å². The number of nitrogens with zero attached hydrogens (tertiary/aromatic N) is 3. The monoisotopic (exact) mass is 259 g/mol. The fourth-order valence-corrected chi connectivity index (χ4v) is 2.62. The highest BCUT2D eigenvalue weighted by atomic mass is 16.6. The normalized spacial score (nSPS) is 18.9. The van der Waals surface area contributed by atoms with Gasteiger partial charge in [0.05, 0.1) is 16.2 Å². The van der Waals surface area contributed by atoms with Gasteiger partial charge >= 0.3 is 0 Å². The Morgan fingerprint density at radius 2 is 2.37 bits per heavy atom. The molecule has 0 bridgehead atoms. The van der Waals surface area contributed by atoms with E-state index >= 15 is 0 Å². The Morgan fingerprint density at radius 3 is 3.00 bits per heavy atom. The molecular weight excluding hydrogens is 242 g/mol. The molecule has 0 radical (unpaired) electrons. The van der Waals surface area contributed by atoms with Crippen molar-refractivity contribution in [2.75, 3.05) is 18.0 Å². The average Bonchev–Trinajstić information content (AvgIpc) is 2.46. The lowest BCUT2D eigenvalue weighted by Gasteiger charge is -2.34. The zero-order chi connectivity index (χ0) is 13.8. The van der Waals surface area contributed by atoms with E-state index in [1.807, 2.05) is 0 Å². The van der Waals surface area contributed by atoms with Crippen molar-refractivity contribution >= 4 is 11.4 Å². The van der Waals surface area contributed by atoms with E-state index in [1.54, 1.807) is 6.07 Å². The summed E-state index contributed by atoms with van der Waals surface area (Å²) in [4.78, 5) is 12.5. The largest absolute Gasteiger partial charge is 0.370 e. The van der Waals surface area contributed by atoms with Gasteiger partial charge in [0.25, 0.3) is 5.69 Å². The summed E-state index contributed by atoms with van der Waals surface area (Å²) in [6, 6.07) is 6.62. The molecule has 0 amide bonds. The van der Waals surface area contributed by atoms with Gasteiger partial charge in [-0.15, -0.1) is 0 Å². The summed E-state index contributed by atoms with van der Waals surface area (Å²) in [5.41, 5.74) is 1.20. The van der Waals surface area contributed by atoms with Crippen LogP contribution in [0.4, 0.5) is 11.4 Å². The van der Waals surface area contributed by atoms with Gasteiger partial charge in [0.2, 0.25) is 0 Å². The molecule has 1 heterocycles. The Balaban J connectivity index is 2.29. The van der Waals surface area contributed by atoms with Gasteiger partial charge < -0.3 is 4.90 Å². The molecule has 19 heavy (non-hydrogen) atoms. The highest BCUT2D eigenvalue weighted by molar-refractivity contribution is 5.63. The van der Waals surface area contributed by atoms with Crippen LogP contribution in [0.5, 0.6) is 0 Å². The van der Waals surface area contributed by atoms with Crippen LogP contribution in [0.3, 0.4) is 0 Å². The van der Waals surface area contributed by atoms with E-state index in [0.29, 0.717) is 11.5 Å². The SMILES string of the molecule is CCC1CCCN(c2ccc([N+](=O)[O-])cc2C#N)C1. The van der Waals surface area contributed by atoms with Crippen LogP contribution in [0, 0.1) is 27.4 Å². The third kappa shape index (κ3) is 2.84. The molecule has 2 rings (SSSR count). The van der Waals surface area contributed by atoms with Crippen LogP contribution in [-0.4, -0.2) is 18.0 Å². The van der Waals surface area contributed by atoms with Crippen LogP contribution in [0.1, 0.15) is 31.7 Å². The highest BCUT2D eigenvalue weighted by Crippen LogP contribution is 2.29. The second-order valence-electron chi connectivity index (χ2n) is 4.93. The minimum absolute atomic E-state index is 0.0237. The number of rotatable bonds is 3. The number of nitriles is 1. The van der Waals surface area contributed by atoms with Gasteiger partial charge in [-0.1, -0.05) is 13.3 Å². The van der Waals surface area contributed by atoms with Crippen molar-refractivity contribution in [1.82, 2.24) is 0 Å². The lowest BCUT2D eigenvalue weighted by atomic mass is 9.95. The van der Waals surface area contributed by atoms with Crippen molar-refractivity contribution in [3.05, 3.63) is 33.9 Å². The van der Waals surface area contributed by atoms with Crippen LogP contribution in [0.15, 0.2) is 18.2 Å². The second-order valence-corrected chi connectivity index (χ2v) is 4.93. The standard InChI is InChI=1S/C14H17N3O2/c1-2-11-4-3-7-16(10-11)14-6-5-13(17(18)19)8-12(14)9-15/h5-6,8,11H,2-4,7,10H2,1H3. The van der Waals surface area contributed by atoms with Crippen molar-refractivity contribution in [2.45, 2.75) is 26.2 Å². The minimum atomic E-state index is -0.463. The Hall–Kier alpha value is -2.09. The maximum absolute atomic E-state index is 10.7. The molecule has 1 atom stereocenters. The Labute approximate surface area is 112 Å². The van der Waals surface area contributed by atoms with Crippen molar-refractivity contribution in [2.24, 2.45) is 5.92 Å². The van der Waals surface area contributed by atoms with Gasteiger partial charge in [-0.3, -0.25) is 10.1 Å². The summed E-state index contributed by atoms with van der Waals surface area (Å²) in [6.45, 7) is 4.03. The quantitative estimate of drug-likeness (QED) is 0.617. The van der Waals surface area contributed by atoms with E-state index in [4.69, 9.17) is 0 Å². The minimum Gasteiger partial charge on any atom is -0.370 e. The predicted molar refractivity (Wildman–Crippen MR) is 73.0 cm³/mol. The van der Waals surface area contributed by atoms with E-state index < -0.39 is 4.92 Å². The Kier molecular flexibility index (Phi) is 4.00. The van der Waals surface area contributed by atoms with Crippen molar-refractivity contribution in [3.8, 4) is 6.07 Å². The van der Waals surface area contributed by atoms with Crippen LogP contribution in [0.2, 0.25) is 0 Å². The number of hydrogen-bond donors (Lipinski definition) is 0. The second kappa shape index (κ2) is 5.70. The van der Waals surface area contributed by atoms with Crippen LogP contribution in [-0.2, 0) is 0 Å². The molecule has 1 fully saturated rings. The summed E-state index contributed by atoms with van der Waals surface area (Å²) < 4.78 is 0. The summed E-state index contributed by atoms with van der Waals surface area (Å²) in [7, 11) is 0. The average molecular weight is 259 g/mol. The van der Waals surface area contributed by atoms with Gasteiger partial charge in [-0.2, -0.15) is 5.26 Å². The topological polar surface area (TPSA) is 70.2 Å². The number of piperidine rings is 1. The van der Waals surface area contributed by atoms with Crippen LogP contribution in [0.25, 0.3) is 0 Å². The first-order chi connectivity index (χ1) is 9.15. The molecular formula is C14H17N3O2. The van der Waals surface area contributed by atoms with Gasteiger partial charge in [-0.05, 0) is 24.8 Å². The number of anilines is 1. The lowest BCUT2D eigenvalue weighted by molar-refractivity contribution is -0.384. The summed E-state index contributed by atoms with van der Waals surface area (Å²) in [5, 5.41) is 19.9. The first-order valence-corrected chi connectivity index (χ1v) is 6.59. The number of non-ortho nitro benzene ring substituents is 1. The van der Waals surface area contributed by atoms with E-state index in [0.717, 1.165) is 31.6 Å². The molecule has 1 aromatic carbocycles. The molecule has 0 aliphatic carbocycles. The Bertz CT molecular complexity index is 522. The van der Waals surface area contributed by atoms with Gasteiger partial charge in [0.1, 0.15) is 6.07 Å². The van der Waals surface area contributed by atoms with Crippen molar-refractivity contribution < 1.29 is 4.92 Å². The first-order valence-electron chi connectivity index (χ1n) is 6.59. The van der Waals surface area contributed by atoms with Crippen LogP contribution < -0.4 is 4.90 Å². The van der Waals surface area contributed by atoms with Gasteiger partial charge in [0, 0.05) is 25.2 Å². The van der Waals surface area contributed by atoms with Gasteiger partial charge in [0.15, 0.2) is 0 Å². The molecule has 1 aromatic rings. The van der Waals surface area contributed by atoms with E-state index in [1.165, 1.54) is 18.6 Å². The molecule has 0 spiro atoms. The maximum atomic E-state index is 10.7. The molecule has 100 valence electrons. The number of benzene rings is 1. The Morgan fingerprint density at radius 1 is 1.58 bits per heavy atom. The molecule has 5 nitrogen and oxygen atoms in total. The third-order valence-electron chi connectivity index (χ3n) is 3.75. The molecule has 1 aliphatic heterocycles. The predicted octanol–water partition coefficient (Wildman–Crippen LogP) is 3.09. The van der Waals surface area contributed by atoms with Crippen LogP contribution >= 0.6 is 0 Å². The molecule has 1 saturated heterocycles. The summed E-state index contributed by atoms with van der Waals surface area (Å²) in [6.07, 6.45) is 3.47. The molecule has 0 aromatic heterocycles. The molecule has 5 heteroatoms. The number of nitro groups is 1. The molecule has 0 N–H and O–H groups in total. The lowest BCUT2D eigenvalue weighted by Crippen LogP contribution is -2.35. The first kappa shape index (κ1) is 13.3. The van der Waals surface area contributed by atoms with Gasteiger partial charge in [-0.25, -0.2) is 0 Å². The smallest absolute Gasteiger partial charge is 0.270 e. The fraction of sp³-hybridized carbons (Fsp3) is 0.500. The van der Waals surface area contributed by atoms with E-state index in [-0.39, 0.29) is 5.69 Å². The zero-order valence-electron chi connectivity index (χ0n) is 11.0. The third-order valence-corrected chi connectivity index (χ3v) is 3.75. The van der Waals surface area contributed by atoms with Crippen molar-refractivity contribution in [3.63, 3.8) is 0 Å². The van der Waals surface area contributed by atoms with E-state index in [2.05, 4.69) is 17.9 Å². The highest BCUT2D eigenvalue weighted by Gasteiger charge is 2.22. The zero-order valence-corrected chi connectivity index (χ0v) is 11.0. The molecule has 1 unspecified atom stereocenters. The number of nitro benzene ring substituents is 1. The number of hydrogen-bond acceptors (Lipinski definition) is 4. The van der Waals surface area contributed by atoms with E-state index in [9.17, 15) is 15.4 Å². The summed E-state index contributed by atoms with van der Waals surface area (Å²) in [5.74, 6) is 0.649. The maximum Gasteiger partial charge on any atom is 0.270 e. The molecule has 0 saturated carbocycles. The molecule has 1 aliphatic rings.